The number of furan rings is 1. The molecule has 0 saturated carbocycles. The van der Waals surface area contributed by atoms with Crippen molar-refractivity contribution in [1.29, 1.82) is 0 Å². The van der Waals surface area contributed by atoms with Gasteiger partial charge in [-0.25, -0.2) is 15.0 Å². The van der Waals surface area contributed by atoms with Gasteiger partial charge in [0.25, 0.3) is 0 Å². The zero-order chi connectivity index (χ0) is 36.6. The standard InChI is InChI=1S/C49H31N5O/c1-3-13-32(14-4-1)47-52-48(33-15-5-2-6-16-33)54-49(53-47)44-20-8-7-19-40(44)41-22-10-24-43-42-23-9-21-39(45(42)55-46(41)43)38-28-36(34-17-11-25-50-30-34)27-37(29-38)35-18-12-26-51-31-35/h1-31H. The topological polar surface area (TPSA) is 77.6 Å². The van der Waals surface area contributed by atoms with Crippen molar-refractivity contribution in [2.75, 3.05) is 0 Å². The molecular weight excluding hydrogens is 675 g/mol. The predicted octanol–water partition coefficient (Wildman–Crippen LogP) is 12.2. The predicted molar refractivity (Wildman–Crippen MR) is 221 cm³/mol. The van der Waals surface area contributed by atoms with E-state index in [-0.39, 0.29) is 0 Å². The van der Waals surface area contributed by atoms with Crippen molar-refractivity contribution in [2.24, 2.45) is 0 Å². The van der Waals surface area contributed by atoms with Gasteiger partial charge in [0, 0.05) is 74.5 Å². The van der Waals surface area contributed by atoms with E-state index in [0.717, 1.165) is 83.1 Å². The molecule has 6 heteroatoms. The third-order valence-electron chi connectivity index (χ3n) is 9.92. The lowest BCUT2D eigenvalue weighted by atomic mass is 9.93. The second-order valence-electron chi connectivity index (χ2n) is 13.3. The van der Waals surface area contributed by atoms with Crippen molar-refractivity contribution in [1.82, 2.24) is 24.9 Å². The van der Waals surface area contributed by atoms with Crippen LogP contribution in [0.5, 0.6) is 0 Å². The van der Waals surface area contributed by atoms with E-state index in [9.17, 15) is 0 Å². The van der Waals surface area contributed by atoms with Crippen LogP contribution in [-0.4, -0.2) is 24.9 Å². The van der Waals surface area contributed by atoms with Crippen molar-refractivity contribution in [3.8, 4) is 78.7 Å². The second kappa shape index (κ2) is 13.8. The highest BCUT2D eigenvalue weighted by Gasteiger charge is 2.20. The van der Waals surface area contributed by atoms with Crippen molar-refractivity contribution < 1.29 is 4.42 Å². The molecule has 0 saturated heterocycles. The van der Waals surface area contributed by atoms with E-state index in [0.29, 0.717) is 17.5 Å². The summed E-state index contributed by atoms with van der Waals surface area (Å²) in [4.78, 5) is 23.9. The quantitative estimate of drug-likeness (QED) is 0.164. The van der Waals surface area contributed by atoms with Crippen LogP contribution < -0.4 is 0 Å². The average molecular weight is 706 g/mol. The number of nitrogens with zero attached hydrogens (tertiary/aromatic N) is 5. The smallest absolute Gasteiger partial charge is 0.164 e. The largest absolute Gasteiger partial charge is 0.455 e. The summed E-state index contributed by atoms with van der Waals surface area (Å²) in [6.07, 6.45) is 7.39. The molecule has 10 aromatic rings. The molecule has 10 rings (SSSR count). The van der Waals surface area contributed by atoms with E-state index in [1.807, 2.05) is 97.3 Å². The van der Waals surface area contributed by atoms with Gasteiger partial charge in [-0.2, -0.15) is 0 Å². The summed E-state index contributed by atoms with van der Waals surface area (Å²) in [6.45, 7) is 0. The molecule has 258 valence electrons. The third-order valence-corrected chi connectivity index (χ3v) is 9.92. The molecule has 0 aliphatic rings. The maximum absolute atomic E-state index is 7.01. The van der Waals surface area contributed by atoms with Crippen LogP contribution in [0.15, 0.2) is 193 Å². The number of pyridine rings is 2. The molecule has 0 amide bonds. The molecule has 0 unspecified atom stereocenters. The normalized spacial score (nSPS) is 11.3. The Balaban J connectivity index is 1.16. The van der Waals surface area contributed by atoms with Crippen LogP contribution in [0.3, 0.4) is 0 Å². The highest BCUT2D eigenvalue weighted by Crippen LogP contribution is 2.43. The highest BCUT2D eigenvalue weighted by molar-refractivity contribution is 6.14. The van der Waals surface area contributed by atoms with Gasteiger partial charge in [-0.1, -0.05) is 133 Å². The Morgan fingerprint density at radius 2 is 0.764 bits per heavy atom. The van der Waals surface area contributed by atoms with Gasteiger partial charge in [0.1, 0.15) is 11.2 Å². The van der Waals surface area contributed by atoms with Gasteiger partial charge in [0.05, 0.1) is 0 Å². The zero-order valence-electron chi connectivity index (χ0n) is 29.5. The van der Waals surface area contributed by atoms with Gasteiger partial charge < -0.3 is 4.42 Å². The summed E-state index contributed by atoms with van der Waals surface area (Å²) in [5.74, 6) is 1.82. The molecule has 0 spiro atoms. The van der Waals surface area contributed by atoms with Crippen LogP contribution in [-0.2, 0) is 0 Å². The Morgan fingerprint density at radius 1 is 0.309 bits per heavy atom. The molecule has 6 nitrogen and oxygen atoms in total. The number of rotatable bonds is 7. The number of para-hydroxylation sites is 2. The number of hydrogen-bond donors (Lipinski definition) is 0. The van der Waals surface area contributed by atoms with Gasteiger partial charge in [0.15, 0.2) is 17.5 Å². The van der Waals surface area contributed by atoms with E-state index < -0.39 is 0 Å². The summed E-state index contributed by atoms with van der Waals surface area (Å²) >= 11 is 0. The van der Waals surface area contributed by atoms with E-state index in [2.05, 4.69) is 88.8 Å². The van der Waals surface area contributed by atoms with E-state index in [1.165, 1.54) is 0 Å². The lowest BCUT2D eigenvalue weighted by Crippen LogP contribution is -2.01. The fourth-order valence-corrected chi connectivity index (χ4v) is 7.29. The van der Waals surface area contributed by atoms with Crippen LogP contribution in [0.25, 0.3) is 101 Å². The summed E-state index contributed by atoms with van der Waals surface area (Å²) in [5, 5.41) is 2.07. The summed E-state index contributed by atoms with van der Waals surface area (Å²) in [7, 11) is 0. The maximum Gasteiger partial charge on any atom is 0.164 e. The highest BCUT2D eigenvalue weighted by atomic mass is 16.3. The van der Waals surface area contributed by atoms with E-state index in [4.69, 9.17) is 19.4 Å². The minimum absolute atomic E-state index is 0.590. The molecule has 0 radical (unpaired) electrons. The van der Waals surface area contributed by atoms with Gasteiger partial charge in [-0.15, -0.1) is 0 Å². The van der Waals surface area contributed by atoms with Gasteiger partial charge >= 0.3 is 0 Å². The molecule has 55 heavy (non-hydrogen) atoms. The summed E-state index contributed by atoms with van der Waals surface area (Å²) < 4.78 is 7.01. The van der Waals surface area contributed by atoms with E-state index in [1.54, 1.807) is 12.4 Å². The first-order valence-electron chi connectivity index (χ1n) is 18.1. The second-order valence-corrected chi connectivity index (χ2v) is 13.3. The Kier molecular flexibility index (Phi) is 8.04. The Morgan fingerprint density at radius 3 is 1.33 bits per heavy atom. The Hall–Kier alpha value is -7.57. The minimum Gasteiger partial charge on any atom is -0.455 e. The monoisotopic (exact) mass is 705 g/mol. The van der Waals surface area contributed by atoms with Crippen LogP contribution in [0.2, 0.25) is 0 Å². The fourth-order valence-electron chi connectivity index (χ4n) is 7.29. The summed E-state index contributed by atoms with van der Waals surface area (Å²) in [6, 6.07) is 55.8. The average Bonchev–Trinajstić information content (AvgIpc) is 3.67. The fraction of sp³-hybridized carbons (Fsp3) is 0. The van der Waals surface area contributed by atoms with Crippen molar-refractivity contribution in [3.63, 3.8) is 0 Å². The number of hydrogen-bond acceptors (Lipinski definition) is 6. The Labute approximate surface area is 317 Å². The molecular formula is C49H31N5O. The maximum atomic E-state index is 7.01. The molecule has 4 aromatic heterocycles. The molecule has 6 aromatic carbocycles. The lowest BCUT2D eigenvalue weighted by Gasteiger charge is -2.12. The van der Waals surface area contributed by atoms with Crippen LogP contribution in [0.1, 0.15) is 0 Å². The zero-order valence-corrected chi connectivity index (χ0v) is 29.5. The van der Waals surface area contributed by atoms with Gasteiger partial charge in [-0.05, 0) is 52.6 Å². The first-order chi connectivity index (χ1) is 27.3. The summed E-state index contributed by atoms with van der Waals surface area (Å²) in [5.41, 5.74) is 12.5. The van der Waals surface area contributed by atoms with Crippen molar-refractivity contribution >= 4 is 21.9 Å². The molecule has 0 fully saturated rings. The lowest BCUT2D eigenvalue weighted by molar-refractivity contribution is 0.671. The van der Waals surface area contributed by atoms with Crippen LogP contribution >= 0.6 is 0 Å². The number of fused-ring (bicyclic) bond motifs is 3. The molecule has 0 aliphatic heterocycles. The SMILES string of the molecule is c1ccc(-c2nc(-c3ccccc3)nc(-c3ccccc3-c3cccc4c3oc3c(-c5cc(-c6cccnc6)cc(-c6cccnc6)c5)cccc34)n2)cc1. The minimum atomic E-state index is 0.590. The Bertz CT molecular complexity index is 2850. The molecule has 4 heterocycles. The number of benzene rings is 6. The first-order valence-corrected chi connectivity index (χ1v) is 18.1. The first kappa shape index (κ1) is 32.1. The molecule has 0 N–H and O–H groups in total. The van der Waals surface area contributed by atoms with Crippen LogP contribution in [0, 0.1) is 0 Å². The third kappa shape index (κ3) is 6.02. The van der Waals surface area contributed by atoms with Crippen LogP contribution in [0.4, 0.5) is 0 Å². The van der Waals surface area contributed by atoms with E-state index >= 15 is 0 Å². The molecule has 0 atom stereocenters. The number of aromatic nitrogens is 5. The van der Waals surface area contributed by atoms with Gasteiger partial charge in [0.2, 0.25) is 0 Å². The van der Waals surface area contributed by atoms with Crippen molar-refractivity contribution in [2.45, 2.75) is 0 Å². The van der Waals surface area contributed by atoms with Gasteiger partial charge in [-0.3, -0.25) is 9.97 Å². The molecule has 0 aliphatic carbocycles. The van der Waals surface area contributed by atoms with Crippen molar-refractivity contribution in [3.05, 3.63) is 189 Å². The molecule has 0 bridgehead atoms.